The van der Waals surface area contributed by atoms with Crippen molar-refractivity contribution in [3.05, 3.63) is 24.3 Å². The van der Waals surface area contributed by atoms with Gasteiger partial charge in [0.05, 0.1) is 5.54 Å². The Kier molecular flexibility index (Phi) is 4.09. The monoisotopic (exact) mass is 274 g/mol. The molecule has 0 spiro atoms. The Morgan fingerprint density at radius 3 is 2.85 bits per heavy atom. The lowest BCUT2D eigenvalue weighted by Gasteiger charge is -2.24. The Labute approximate surface area is 117 Å². The minimum absolute atomic E-state index is 0.0930. The highest BCUT2D eigenvalue weighted by atomic mass is 16.2. The number of rotatable bonds is 5. The van der Waals surface area contributed by atoms with Gasteiger partial charge in [-0.25, -0.2) is 0 Å². The maximum Gasteiger partial charge on any atom is 0.244 e. The number of carbonyl (C=O) groups excluding carboxylic acids is 1. The van der Waals surface area contributed by atoms with Crippen LogP contribution in [0.25, 0.3) is 11.4 Å². The first-order chi connectivity index (χ1) is 9.53. The lowest BCUT2D eigenvalue weighted by molar-refractivity contribution is -0.121. The van der Waals surface area contributed by atoms with Crippen LogP contribution >= 0.6 is 0 Å². The molecule has 1 amide bonds. The molecule has 3 N–H and O–H groups in total. The van der Waals surface area contributed by atoms with Crippen LogP contribution in [0.2, 0.25) is 0 Å². The summed E-state index contributed by atoms with van der Waals surface area (Å²) in [5.41, 5.74) is 0.859. The van der Waals surface area contributed by atoms with Gasteiger partial charge in [-0.2, -0.15) is 5.21 Å². The Hall–Kier alpha value is -2.28. The zero-order valence-electron chi connectivity index (χ0n) is 11.8. The van der Waals surface area contributed by atoms with Crippen LogP contribution in [0.4, 0.5) is 5.69 Å². The Morgan fingerprint density at radius 1 is 1.40 bits per heavy atom. The van der Waals surface area contributed by atoms with Crippen molar-refractivity contribution >= 4 is 11.6 Å². The fraction of sp³-hybridized carbons (Fsp3) is 0.385. The van der Waals surface area contributed by atoms with Crippen LogP contribution < -0.4 is 10.6 Å². The summed E-state index contributed by atoms with van der Waals surface area (Å²) < 4.78 is 0. The van der Waals surface area contributed by atoms with Gasteiger partial charge in [-0.15, -0.1) is 10.2 Å². The fourth-order valence-corrected chi connectivity index (χ4v) is 1.83. The second-order valence-corrected chi connectivity index (χ2v) is 4.93. The molecule has 0 saturated heterocycles. The molecule has 1 heterocycles. The van der Waals surface area contributed by atoms with Crippen molar-refractivity contribution in [1.29, 1.82) is 0 Å². The van der Waals surface area contributed by atoms with Crippen LogP contribution in [0.15, 0.2) is 24.3 Å². The number of likely N-dealkylation sites (N-methyl/N-ethyl adjacent to an activating group) is 1. The number of benzene rings is 1. The molecule has 0 fully saturated rings. The van der Waals surface area contributed by atoms with Gasteiger partial charge in [-0.1, -0.05) is 19.1 Å². The van der Waals surface area contributed by atoms with Gasteiger partial charge in [-0.05, 0) is 37.7 Å². The predicted molar refractivity (Wildman–Crippen MR) is 76.0 cm³/mol. The fourth-order valence-electron chi connectivity index (χ4n) is 1.83. The van der Waals surface area contributed by atoms with Crippen LogP contribution in [0, 0.1) is 0 Å². The first-order valence-corrected chi connectivity index (χ1v) is 6.43. The van der Waals surface area contributed by atoms with Crippen molar-refractivity contribution in [3.63, 3.8) is 0 Å². The van der Waals surface area contributed by atoms with Gasteiger partial charge in [0, 0.05) is 11.3 Å². The average Bonchev–Trinajstić information content (AvgIpc) is 2.93. The molecule has 0 unspecified atom stereocenters. The molecule has 1 aromatic carbocycles. The molecule has 0 atom stereocenters. The van der Waals surface area contributed by atoms with E-state index in [1.54, 1.807) is 0 Å². The van der Waals surface area contributed by atoms with E-state index in [2.05, 4.69) is 31.3 Å². The van der Waals surface area contributed by atoms with Crippen LogP contribution in [0.3, 0.4) is 0 Å². The number of hydrogen-bond donors (Lipinski definition) is 3. The highest BCUT2D eigenvalue weighted by Gasteiger charge is 2.26. The molecular weight excluding hydrogens is 256 g/mol. The Morgan fingerprint density at radius 2 is 2.20 bits per heavy atom. The van der Waals surface area contributed by atoms with Crippen molar-refractivity contribution in [1.82, 2.24) is 25.9 Å². The van der Waals surface area contributed by atoms with Crippen molar-refractivity contribution in [2.45, 2.75) is 26.3 Å². The lowest BCUT2D eigenvalue weighted by atomic mass is 10.0. The molecule has 20 heavy (non-hydrogen) atoms. The number of nitrogens with one attached hydrogen (secondary N) is 3. The Balaban J connectivity index is 2.14. The van der Waals surface area contributed by atoms with Gasteiger partial charge in [-0.3, -0.25) is 4.79 Å². The largest absolute Gasteiger partial charge is 0.324 e. The number of nitrogens with zero attached hydrogens (tertiary/aromatic N) is 3. The third-order valence-corrected chi connectivity index (χ3v) is 2.91. The maximum atomic E-state index is 12.2. The van der Waals surface area contributed by atoms with E-state index in [9.17, 15) is 4.79 Å². The molecule has 7 heteroatoms. The lowest BCUT2D eigenvalue weighted by Crippen LogP contribution is -2.49. The predicted octanol–water partition coefficient (Wildman–Crippen LogP) is 1.19. The highest BCUT2D eigenvalue weighted by molar-refractivity contribution is 5.97. The summed E-state index contributed by atoms with van der Waals surface area (Å²) in [5, 5.41) is 19.8. The number of hydrogen-bond acceptors (Lipinski definition) is 5. The van der Waals surface area contributed by atoms with E-state index in [4.69, 9.17) is 0 Å². The number of carbonyl (C=O) groups is 1. The van der Waals surface area contributed by atoms with Crippen LogP contribution in [-0.4, -0.2) is 38.6 Å². The third kappa shape index (κ3) is 3.18. The van der Waals surface area contributed by atoms with Gasteiger partial charge < -0.3 is 10.6 Å². The number of H-pyrrole nitrogens is 1. The quantitative estimate of drug-likeness (QED) is 0.761. The molecule has 2 aromatic rings. The van der Waals surface area contributed by atoms with Crippen molar-refractivity contribution in [2.75, 3.05) is 11.9 Å². The number of aromatic amines is 1. The molecular formula is C13H18N6O. The third-order valence-electron chi connectivity index (χ3n) is 2.91. The molecule has 7 nitrogen and oxygen atoms in total. The van der Waals surface area contributed by atoms with Crippen molar-refractivity contribution in [2.24, 2.45) is 0 Å². The zero-order valence-corrected chi connectivity index (χ0v) is 11.8. The molecule has 1 aromatic heterocycles. The van der Waals surface area contributed by atoms with E-state index in [1.807, 2.05) is 45.0 Å². The van der Waals surface area contributed by atoms with E-state index < -0.39 is 5.54 Å². The molecule has 0 aliphatic rings. The van der Waals surface area contributed by atoms with Crippen LogP contribution in [0.5, 0.6) is 0 Å². The van der Waals surface area contributed by atoms with Gasteiger partial charge in [0.15, 0.2) is 0 Å². The minimum Gasteiger partial charge on any atom is -0.324 e. The molecule has 0 saturated carbocycles. The number of anilines is 1. The van der Waals surface area contributed by atoms with E-state index in [0.29, 0.717) is 11.5 Å². The summed E-state index contributed by atoms with van der Waals surface area (Å²) in [5.74, 6) is 0.400. The zero-order chi connectivity index (χ0) is 14.6. The molecule has 106 valence electrons. The molecule has 0 radical (unpaired) electrons. The summed E-state index contributed by atoms with van der Waals surface area (Å²) in [4.78, 5) is 12.2. The number of tetrazole rings is 1. The van der Waals surface area contributed by atoms with Gasteiger partial charge in [0.1, 0.15) is 0 Å². The summed E-state index contributed by atoms with van der Waals surface area (Å²) >= 11 is 0. The molecule has 2 rings (SSSR count). The second kappa shape index (κ2) is 5.79. The maximum absolute atomic E-state index is 12.2. The number of amides is 1. The minimum atomic E-state index is -0.628. The van der Waals surface area contributed by atoms with Gasteiger partial charge >= 0.3 is 0 Å². The van der Waals surface area contributed by atoms with Crippen LogP contribution in [0.1, 0.15) is 20.8 Å². The van der Waals surface area contributed by atoms with Gasteiger partial charge in [0.2, 0.25) is 11.7 Å². The van der Waals surface area contributed by atoms with E-state index in [1.165, 1.54) is 0 Å². The number of aromatic nitrogens is 4. The molecule has 0 aliphatic heterocycles. The van der Waals surface area contributed by atoms with Gasteiger partial charge in [0.25, 0.3) is 0 Å². The topological polar surface area (TPSA) is 95.6 Å². The van der Waals surface area contributed by atoms with Crippen molar-refractivity contribution in [3.8, 4) is 11.4 Å². The van der Waals surface area contributed by atoms with E-state index in [-0.39, 0.29) is 5.91 Å². The highest BCUT2D eigenvalue weighted by Crippen LogP contribution is 2.19. The Bertz CT molecular complexity index is 578. The van der Waals surface area contributed by atoms with Crippen molar-refractivity contribution < 1.29 is 4.79 Å². The summed E-state index contributed by atoms with van der Waals surface area (Å²) in [7, 11) is 0. The smallest absolute Gasteiger partial charge is 0.244 e. The standard InChI is InChI=1S/C13H18N6O/c1-4-14-13(2,3)12(20)15-10-7-5-6-9(8-10)11-16-18-19-17-11/h5-8,14H,4H2,1-3H3,(H,15,20)(H,16,17,18,19). The summed E-state index contributed by atoms with van der Waals surface area (Å²) in [6.45, 7) is 6.37. The molecule has 0 bridgehead atoms. The first kappa shape index (κ1) is 14.1. The first-order valence-electron chi connectivity index (χ1n) is 6.43. The molecule has 0 aliphatic carbocycles. The summed E-state index contributed by atoms with van der Waals surface area (Å²) in [6.07, 6.45) is 0. The normalized spacial score (nSPS) is 11.3. The van der Waals surface area contributed by atoms with Crippen LogP contribution in [-0.2, 0) is 4.79 Å². The second-order valence-electron chi connectivity index (χ2n) is 4.93. The van der Waals surface area contributed by atoms with E-state index in [0.717, 1.165) is 12.1 Å². The SMILES string of the molecule is CCNC(C)(C)C(=O)Nc1cccc(-c2nn[nH]n2)c1. The van der Waals surface area contributed by atoms with E-state index >= 15 is 0 Å². The average molecular weight is 274 g/mol. The summed E-state index contributed by atoms with van der Waals surface area (Å²) in [6, 6.07) is 7.33.